The van der Waals surface area contributed by atoms with Crippen LogP contribution in [0, 0.1) is 0 Å². The van der Waals surface area contributed by atoms with Crippen LogP contribution < -0.4 is 5.32 Å². The Hall–Kier alpha value is -0.560. The van der Waals surface area contributed by atoms with Crippen molar-refractivity contribution in [1.82, 2.24) is 20.0 Å². The summed E-state index contributed by atoms with van der Waals surface area (Å²) in [7, 11) is 1.98. The molecule has 1 saturated carbocycles. The zero-order valence-electron chi connectivity index (χ0n) is 14.6. The Morgan fingerprint density at radius 1 is 1.48 bits per heavy atom. The fourth-order valence-corrected chi connectivity index (χ4v) is 4.74. The van der Waals surface area contributed by atoms with Crippen LogP contribution >= 0.6 is 11.8 Å². The van der Waals surface area contributed by atoms with E-state index in [1.807, 2.05) is 29.7 Å². The number of nitrogens with zero attached hydrogens (tertiary/aromatic N) is 3. The number of aryl methyl sites for hydroxylation is 1. The van der Waals surface area contributed by atoms with Crippen LogP contribution in [0.2, 0.25) is 0 Å². The maximum atomic E-state index is 6.14. The molecule has 6 heteroatoms. The molecular weight excluding hydrogens is 308 g/mol. The summed E-state index contributed by atoms with van der Waals surface area (Å²) in [6.07, 6.45) is 10.6. The van der Waals surface area contributed by atoms with Crippen molar-refractivity contribution in [2.75, 3.05) is 39.0 Å². The van der Waals surface area contributed by atoms with E-state index in [1.165, 1.54) is 24.8 Å². The van der Waals surface area contributed by atoms with Crippen LogP contribution in [0.5, 0.6) is 0 Å². The monoisotopic (exact) mass is 338 g/mol. The summed E-state index contributed by atoms with van der Waals surface area (Å²) in [5.74, 6) is 0. The number of nitrogens with one attached hydrogen (secondary N) is 1. The number of thioether (sulfide) groups is 1. The van der Waals surface area contributed by atoms with Crippen LogP contribution in [0.25, 0.3) is 0 Å². The van der Waals surface area contributed by atoms with Gasteiger partial charge in [-0.1, -0.05) is 13.3 Å². The van der Waals surface area contributed by atoms with E-state index in [1.54, 1.807) is 0 Å². The molecule has 3 rings (SSSR count). The van der Waals surface area contributed by atoms with Gasteiger partial charge in [-0.2, -0.15) is 16.9 Å². The average molecular weight is 339 g/mol. The fraction of sp³-hybridized carbons (Fsp3) is 0.824. The maximum absolute atomic E-state index is 6.14. The number of hydrogen-bond donors (Lipinski definition) is 1. The molecule has 130 valence electrons. The molecule has 0 spiro atoms. The summed E-state index contributed by atoms with van der Waals surface area (Å²) in [4.78, 5) is 2.51. The van der Waals surface area contributed by atoms with Crippen molar-refractivity contribution in [2.24, 2.45) is 7.05 Å². The molecule has 2 heterocycles. The van der Waals surface area contributed by atoms with Gasteiger partial charge in [-0.05, 0) is 25.6 Å². The van der Waals surface area contributed by atoms with E-state index < -0.39 is 0 Å². The Morgan fingerprint density at radius 2 is 2.30 bits per heavy atom. The fourth-order valence-electron chi connectivity index (χ4n) is 3.80. The van der Waals surface area contributed by atoms with Gasteiger partial charge in [-0.15, -0.1) is 0 Å². The van der Waals surface area contributed by atoms with Crippen LogP contribution in [0.1, 0.15) is 37.8 Å². The lowest BCUT2D eigenvalue weighted by Gasteiger charge is -2.43. The molecule has 2 fully saturated rings. The van der Waals surface area contributed by atoms with E-state index in [9.17, 15) is 0 Å². The quantitative estimate of drug-likeness (QED) is 0.824. The smallest absolute Gasteiger partial charge is 0.0897 e. The molecule has 0 unspecified atom stereocenters. The van der Waals surface area contributed by atoms with Gasteiger partial charge in [-0.25, -0.2) is 0 Å². The Labute approximate surface area is 144 Å². The molecule has 5 nitrogen and oxygen atoms in total. The van der Waals surface area contributed by atoms with Gasteiger partial charge in [0.2, 0.25) is 0 Å². The molecule has 0 bridgehead atoms. The minimum atomic E-state index is 0.201. The second kappa shape index (κ2) is 7.55. The summed E-state index contributed by atoms with van der Waals surface area (Å²) in [6, 6.07) is 0.307. The first kappa shape index (κ1) is 17.3. The third-order valence-corrected chi connectivity index (χ3v) is 6.84. The van der Waals surface area contributed by atoms with E-state index >= 15 is 0 Å². The number of rotatable bonds is 7. The molecule has 1 aromatic heterocycles. The van der Waals surface area contributed by atoms with Crippen LogP contribution in [0.3, 0.4) is 0 Å². The van der Waals surface area contributed by atoms with Crippen molar-refractivity contribution >= 4 is 11.8 Å². The molecule has 0 radical (unpaired) electrons. The molecular formula is C17H30N4OS. The number of hydrogen-bond acceptors (Lipinski definition) is 5. The van der Waals surface area contributed by atoms with Crippen LogP contribution in [-0.4, -0.2) is 64.6 Å². The Balaban J connectivity index is 1.63. The van der Waals surface area contributed by atoms with Gasteiger partial charge in [0.05, 0.1) is 24.9 Å². The van der Waals surface area contributed by atoms with E-state index in [-0.39, 0.29) is 6.10 Å². The summed E-state index contributed by atoms with van der Waals surface area (Å²) in [5, 5.41) is 8.06. The first-order chi connectivity index (χ1) is 11.2. The number of morpholine rings is 1. The topological polar surface area (TPSA) is 42.3 Å². The minimum absolute atomic E-state index is 0.201. The normalized spacial score (nSPS) is 27.8. The highest BCUT2D eigenvalue weighted by molar-refractivity contribution is 8.00. The van der Waals surface area contributed by atoms with Crippen LogP contribution in [-0.2, 0) is 11.8 Å². The van der Waals surface area contributed by atoms with Crippen LogP contribution in [0.15, 0.2) is 12.4 Å². The predicted molar refractivity (Wildman–Crippen MR) is 95.9 cm³/mol. The Morgan fingerprint density at radius 3 is 2.87 bits per heavy atom. The van der Waals surface area contributed by atoms with Gasteiger partial charge in [0, 0.05) is 43.2 Å². The summed E-state index contributed by atoms with van der Waals surface area (Å²) in [5.41, 5.74) is 1.27. The number of likely N-dealkylation sites (N-methyl/N-ethyl adjacent to an activating group) is 1. The molecule has 2 aliphatic rings. The van der Waals surface area contributed by atoms with Crippen molar-refractivity contribution in [2.45, 2.75) is 43.1 Å². The van der Waals surface area contributed by atoms with E-state index in [0.717, 1.165) is 32.8 Å². The highest BCUT2D eigenvalue weighted by atomic mass is 32.2. The van der Waals surface area contributed by atoms with Gasteiger partial charge in [0.1, 0.15) is 0 Å². The van der Waals surface area contributed by atoms with Gasteiger partial charge in [-0.3, -0.25) is 9.58 Å². The zero-order chi connectivity index (χ0) is 16.3. The molecule has 1 aliphatic heterocycles. The van der Waals surface area contributed by atoms with Crippen molar-refractivity contribution < 1.29 is 4.74 Å². The molecule has 1 aromatic rings. The van der Waals surface area contributed by atoms with Crippen molar-refractivity contribution in [3.05, 3.63) is 18.0 Å². The van der Waals surface area contributed by atoms with Crippen molar-refractivity contribution in [3.63, 3.8) is 0 Å². The summed E-state index contributed by atoms with van der Waals surface area (Å²) < 4.78 is 8.50. The molecule has 1 N–H and O–H groups in total. The lowest BCUT2D eigenvalue weighted by molar-refractivity contribution is -0.0696. The minimum Gasteiger partial charge on any atom is -0.374 e. The summed E-state index contributed by atoms with van der Waals surface area (Å²) in [6.45, 7) is 7.12. The van der Waals surface area contributed by atoms with Gasteiger partial charge in [0.15, 0.2) is 0 Å². The zero-order valence-corrected chi connectivity index (χ0v) is 15.4. The highest BCUT2D eigenvalue weighted by Crippen LogP contribution is 2.42. The number of aromatic nitrogens is 2. The molecule has 2 atom stereocenters. The second-order valence-corrected chi connectivity index (χ2v) is 8.08. The summed E-state index contributed by atoms with van der Waals surface area (Å²) >= 11 is 2.02. The third-order valence-electron chi connectivity index (χ3n) is 5.42. The van der Waals surface area contributed by atoms with Gasteiger partial charge >= 0.3 is 0 Å². The van der Waals surface area contributed by atoms with Gasteiger partial charge < -0.3 is 10.1 Å². The lowest BCUT2D eigenvalue weighted by Crippen LogP contribution is -2.51. The highest BCUT2D eigenvalue weighted by Gasteiger charge is 2.37. The molecule has 0 amide bonds. The Bertz CT molecular complexity index is 497. The van der Waals surface area contributed by atoms with E-state index in [0.29, 0.717) is 10.8 Å². The first-order valence-electron chi connectivity index (χ1n) is 8.77. The second-order valence-electron chi connectivity index (χ2n) is 6.80. The number of ether oxygens (including phenoxy) is 1. The van der Waals surface area contributed by atoms with Crippen molar-refractivity contribution in [3.8, 4) is 0 Å². The average Bonchev–Trinajstić information content (AvgIpc) is 2.95. The maximum Gasteiger partial charge on any atom is 0.0897 e. The first-order valence-corrected chi connectivity index (χ1v) is 10.00. The molecule has 23 heavy (non-hydrogen) atoms. The molecule has 1 aliphatic carbocycles. The molecule has 0 aromatic carbocycles. The van der Waals surface area contributed by atoms with E-state index in [4.69, 9.17) is 4.74 Å². The van der Waals surface area contributed by atoms with E-state index in [2.05, 4.69) is 34.7 Å². The largest absolute Gasteiger partial charge is 0.374 e. The Kier molecular flexibility index (Phi) is 5.67. The lowest BCUT2D eigenvalue weighted by atomic mass is 9.84. The SMILES string of the molecule is CCN1CCO[C@@H](CNCC2(SC)CCC2)[C@@H]1c1cnn(C)c1. The van der Waals surface area contributed by atoms with Crippen molar-refractivity contribution in [1.29, 1.82) is 0 Å². The molecule has 1 saturated heterocycles. The third kappa shape index (κ3) is 3.76. The van der Waals surface area contributed by atoms with Gasteiger partial charge in [0.25, 0.3) is 0 Å². The predicted octanol–water partition coefficient (Wildman–Crippen LogP) is 2.06. The van der Waals surface area contributed by atoms with Crippen LogP contribution in [0.4, 0.5) is 0 Å². The standard InChI is InChI=1S/C17H30N4OS/c1-4-21-8-9-22-15(16(21)14-10-19-20(2)12-14)11-18-13-17(23-3)6-5-7-17/h10,12,15-16,18H,4-9,11,13H2,1-3H3/t15-,16-/m0/s1.